The zero-order valence-electron chi connectivity index (χ0n) is 15.0. The van der Waals surface area contributed by atoms with Gasteiger partial charge in [0.1, 0.15) is 0 Å². The van der Waals surface area contributed by atoms with Gasteiger partial charge in [0.05, 0.1) is 20.3 Å². The van der Waals surface area contributed by atoms with Crippen LogP contribution in [0.3, 0.4) is 0 Å². The van der Waals surface area contributed by atoms with Crippen molar-refractivity contribution < 1.29 is 32.1 Å². The molecule has 0 N–H and O–H groups in total. The van der Waals surface area contributed by atoms with E-state index in [0.717, 1.165) is 24.3 Å². The second-order valence-corrected chi connectivity index (χ2v) is 5.66. The molecule has 0 fully saturated rings. The number of halogens is 3. The maximum atomic E-state index is 12.5. The highest BCUT2D eigenvalue weighted by Crippen LogP contribution is 2.29. The average Bonchev–Trinajstić information content (AvgIpc) is 3.14. The van der Waals surface area contributed by atoms with Gasteiger partial charge in [-0.15, -0.1) is 0 Å². The fraction of sp³-hybridized carbons (Fsp3) is 0.471. The molecule has 0 saturated heterocycles. The van der Waals surface area contributed by atoms with Crippen LogP contribution in [0.5, 0.6) is 0 Å². The fourth-order valence-corrected chi connectivity index (χ4v) is 2.17. The molecule has 1 heterocycles. The van der Waals surface area contributed by atoms with Crippen molar-refractivity contribution in [3.8, 4) is 11.4 Å². The largest absolute Gasteiger partial charge is 0.471 e. The van der Waals surface area contributed by atoms with E-state index in [0.29, 0.717) is 17.7 Å². The number of hydroxylamine groups is 2. The molecule has 27 heavy (non-hydrogen) atoms. The molecule has 0 saturated carbocycles. The predicted octanol–water partition coefficient (Wildman–Crippen LogP) is 4.45. The summed E-state index contributed by atoms with van der Waals surface area (Å²) in [6.45, 7) is 2.47. The first-order chi connectivity index (χ1) is 12.8. The zero-order valence-corrected chi connectivity index (χ0v) is 15.0. The number of unbranched alkanes of at least 4 members (excludes halogenated alkanes) is 2. The number of aromatic nitrogens is 2. The summed E-state index contributed by atoms with van der Waals surface area (Å²) in [7, 11) is 1.35. The van der Waals surface area contributed by atoms with Crippen molar-refractivity contribution in [1.82, 2.24) is 15.2 Å². The molecule has 0 aliphatic heterocycles. The van der Waals surface area contributed by atoms with Crippen LogP contribution < -0.4 is 0 Å². The Morgan fingerprint density at radius 1 is 1.22 bits per heavy atom. The third-order valence-corrected chi connectivity index (χ3v) is 3.60. The van der Waals surface area contributed by atoms with Crippen LogP contribution in [0, 0.1) is 0 Å². The van der Waals surface area contributed by atoms with Gasteiger partial charge < -0.3 is 9.26 Å². The van der Waals surface area contributed by atoms with Crippen LogP contribution in [0.1, 0.15) is 37.6 Å². The lowest BCUT2D eigenvalue weighted by Crippen LogP contribution is -2.30. The molecule has 1 aromatic heterocycles. The molecule has 2 aromatic rings. The average molecular weight is 387 g/mol. The minimum Gasteiger partial charge on any atom is -0.448 e. The number of rotatable bonds is 8. The van der Waals surface area contributed by atoms with Crippen molar-refractivity contribution in [2.45, 2.75) is 38.9 Å². The Kier molecular flexibility index (Phi) is 7.17. The van der Waals surface area contributed by atoms with E-state index in [1.807, 2.05) is 6.92 Å². The van der Waals surface area contributed by atoms with E-state index >= 15 is 0 Å². The predicted molar refractivity (Wildman–Crippen MR) is 88.2 cm³/mol. The quantitative estimate of drug-likeness (QED) is 0.492. The summed E-state index contributed by atoms with van der Waals surface area (Å²) in [4.78, 5) is 20.3. The molecule has 1 amide bonds. The molecular weight excluding hydrogens is 367 g/mol. The Morgan fingerprint density at radius 3 is 2.48 bits per heavy atom. The Morgan fingerprint density at radius 2 is 1.93 bits per heavy atom. The van der Waals surface area contributed by atoms with Crippen LogP contribution in [0.4, 0.5) is 18.0 Å². The normalized spacial score (nSPS) is 11.4. The maximum Gasteiger partial charge on any atom is 0.471 e. The van der Waals surface area contributed by atoms with E-state index in [4.69, 9.17) is 9.57 Å². The van der Waals surface area contributed by atoms with Gasteiger partial charge in [-0.2, -0.15) is 23.2 Å². The first-order valence-electron chi connectivity index (χ1n) is 8.33. The van der Waals surface area contributed by atoms with E-state index in [1.54, 1.807) is 12.1 Å². The monoisotopic (exact) mass is 387 g/mol. The molecule has 0 aliphatic carbocycles. The topological polar surface area (TPSA) is 77.7 Å². The number of hydrogen-bond donors (Lipinski definition) is 0. The van der Waals surface area contributed by atoms with Crippen LogP contribution in [-0.2, 0) is 22.3 Å². The lowest BCUT2D eigenvalue weighted by molar-refractivity contribution is -0.159. The van der Waals surface area contributed by atoms with Crippen molar-refractivity contribution in [2.75, 3.05) is 13.7 Å². The smallest absolute Gasteiger partial charge is 0.448 e. The molecule has 0 aliphatic rings. The van der Waals surface area contributed by atoms with Gasteiger partial charge in [0, 0.05) is 5.56 Å². The van der Waals surface area contributed by atoms with Gasteiger partial charge in [-0.25, -0.2) is 4.79 Å². The summed E-state index contributed by atoms with van der Waals surface area (Å²) in [6, 6.07) is 6.30. The maximum absolute atomic E-state index is 12.5. The van der Waals surface area contributed by atoms with Crippen molar-refractivity contribution in [3.63, 3.8) is 0 Å². The summed E-state index contributed by atoms with van der Waals surface area (Å²) in [5.41, 5.74) is 1.04. The second-order valence-electron chi connectivity index (χ2n) is 5.66. The van der Waals surface area contributed by atoms with Crippen molar-refractivity contribution in [3.05, 3.63) is 35.7 Å². The molecule has 0 radical (unpaired) electrons. The highest BCUT2D eigenvalue weighted by molar-refractivity contribution is 5.66. The van der Waals surface area contributed by atoms with E-state index in [2.05, 4.69) is 14.7 Å². The third-order valence-electron chi connectivity index (χ3n) is 3.60. The summed E-state index contributed by atoms with van der Waals surface area (Å²) < 4.78 is 46.9. The van der Waals surface area contributed by atoms with E-state index in [9.17, 15) is 18.0 Å². The summed E-state index contributed by atoms with van der Waals surface area (Å²) in [6.07, 6.45) is -2.54. The van der Waals surface area contributed by atoms with Gasteiger partial charge in [-0.1, -0.05) is 49.2 Å². The SMILES string of the molecule is CCCCCOC(=O)N(Cc1ccc(-c2noc(C(F)(F)F)n2)cc1)OC. The van der Waals surface area contributed by atoms with Gasteiger partial charge in [0.25, 0.3) is 0 Å². The highest BCUT2D eigenvalue weighted by Gasteiger charge is 2.38. The standard InChI is InChI=1S/C17H20F3N3O4/c1-3-4-5-10-26-16(24)23(25-2)11-12-6-8-13(9-7-12)14-21-15(27-22-14)17(18,19)20/h6-9H,3-5,10-11H2,1-2H3. The van der Waals surface area contributed by atoms with Gasteiger partial charge >= 0.3 is 18.2 Å². The lowest BCUT2D eigenvalue weighted by atomic mass is 10.1. The number of ether oxygens (including phenoxy) is 1. The molecule has 0 bridgehead atoms. The van der Waals surface area contributed by atoms with E-state index < -0.39 is 18.2 Å². The van der Waals surface area contributed by atoms with Crippen molar-refractivity contribution >= 4 is 6.09 Å². The first kappa shape index (κ1) is 20.7. The Bertz CT molecular complexity index is 732. The Labute approximate surface area is 154 Å². The van der Waals surface area contributed by atoms with Crippen LogP contribution >= 0.6 is 0 Å². The number of carbonyl (C=O) groups excluding carboxylic acids is 1. The van der Waals surface area contributed by atoms with Crippen LogP contribution in [0.2, 0.25) is 0 Å². The highest BCUT2D eigenvalue weighted by atomic mass is 19.4. The van der Waals surface area contributed by atoms with E-state index in [-0.39, 0.29) is 12.4 Å². The van der Waals surface area contributed by atoms with Crippen molar-refractivity contribution in [1.29, 1.82) is 0 Å². The number of benzene rings is 1. The number of hydrogen-bond acceptors (Lipinski definition) is 6. The first-order valence-corrected chi connectivity index (χ1v) is 8.33. The Balaban J connectivity index is 1.97. The van der Waals surface area contributed by atoms with Gasteiger partial charge in [-0.05, 0) is 12.0 Å². The number of alkyl halides is 3. The number of amides is 1. The number of nitrogens with zero attached hydrogens (tertiary/aromatic N) is 3. The molecule has 0 spiro atoms. The van der Waals surface area contributed by atoms with Gasteiger partial charge in [0.15, 0.2) is 0 Å². The molecule has 0 unspecified atom stereocenters. The van der Waals surface area contributed by atoms with Gasteiger partial charge in [0.2, 0.25) is 5.82 Å². The summed E-state index contributed by atoms with van der Waals surface area (Å²) in [5, 5.41) is 4.37. The summed E-state index contributed by atoms with van der Waals surface area (Å²) in [5.74, 6) is -1.58. The second kappa shape index (κ2) is 9.36. The summed E-state index contributed by atoms with van der Waals surface area (Å²) >= 11 is 0. The van der Waals surface area contributed by atoms with E-state index in [1.165, 1.54) is 19.2 Å². The zero-order chi connectivity index (χ0) is 19.9. The molecule has 2 rings (SSSR count). The molecule has 1 aromatic carbocycles. The van der Waals surface area contributed by atoms with Crippen LogP contribution in [0.15, 0.2) is 28.8 Å². The molecule has 148 valence electrons. The number of carbonyl (C=O) groups is 1. The fourth-order valence-electron chi connectivity index (χ4n) is 2.17. The Hall–Kier alpha value is -2.62. The minimum atomic E-state index is -4.69. The molecular formula is C17H20F3N3O4. The van der Waals surface area contributed by atoms with Crippen LogP contribution in [-0.4, -0.2) is 35.0 Å². The molecule has 10 heteroatoms. The third kappa shape index (κ3) is 5.95. The van der Waals surface area contributed by atoms with Crippen LogP contribution in [0.25, 0.3) is 11.4 Å². The van der Waals surface area contributed by atoms with Crippen molar-refractivity contribution in [2.24, 2.45) is 0 Å². The van der Waals surface area contributed by atoms with Gasteiger partial charge in [-0.3, -0.25) is 4.84 Å². The minimum absolute atomic E-state index is 0.115. The lowest BCUT2D eigenvalue weighted by Gasteiger charge is -2.19. The molecule has 0 atom stereocenters. The molecule has 7 nitrogen and oxygen atoms in total.